The van der Waals surface area contributed by atoms with Gasteiger partial charge in [-0.15, -0.1) is 0 Å². The number of hydrogen-bond donors (Lipinski definition) is 2. The topological polar surface area (TPSA) is 61.4 Å². The molecule has 5 heteroatoms. The lowest BCUT2D eigenvalue weighted by atomic mass is 9.86. The van der Waals surface area contributed by atoms with Crippen molar-refractivity contribution < 1.29 is 9.59 Å². The normalized spacial score (nSPS) is 22.9. The Balaban J connectivity index is 2.28. The zero-order valence-corrected chi connectivity index (χ0v) is 13.2. The standard InChI is InChI=1S/C15H29N3O2/c1-11(2)16-14(19)9-18(4)10-15(20)17-13-8-6-5-7-12(13)3/h11-13H,5-10H2,1-4H3,(H,16,19)(H,17,20). The van der Waals surface area contributed by atoms with Gasteiger partial charge >= 0.3 is 0 Å². The Morgan fingerprint density at radius 3 is 2.35 bits per heavy atom. The van der Waals surface area contributed by atoms with Crippen LogP contribution in [0.3, 0.4) is 0 Å². The van der Waals surface area contributed by atoms with Crippen LogP contribution in [0.15, 0.2) is 0 Å². The van der Waals surface area contributed by atoms with Gasteiger partial charge in [0.2, 0.25) is 11.8 Å². The van der Waals surface area contributed by atoms with Gasteiger partial charge < -0.3 is 10.6 Å². The monoisotopic (exact) mass is 283 g/mol. The summed E-state index contributed by atoms with van der Waals surface area (Å²) in [4.78, 5) is 25.3. The van der Waals surface area contributed by atoms with Crippen molar-refractivity contribution in [2.75, 3.05) is 20.1 Å². The smallest absolute Gasteiger partial charge is 0.234 e. The van der Waals surface area contributed by atoms with Gasteiger partial charge in [0.1, 0.15) is 0 Å². The fourth-order valence-corrected chi connectivity index (χ4v) is 2.70. The molecule has 0 heterocycles. The highest BCUT2D eigenvalue weighted by Crippen LogP contribution is 2.23. The lowest BCUT2D eigenvalue weighted by Crippen LogP contribution is -2.47. The molecule has 2 atom stereocenters. The van der Waals surface area contributed by atoms with Gasteiger partial charge in [0.15, 0.2) is 0 Å². The summed E-state index contributed by atoms with van der Waals surface area (Å²) < 4.78 is 0. The zero-order valence-electron chi connectivity index (χ0n) is 13.2. The summed E-state index contributed by atoms with van der Waals surface area (Å²) in [6.45, 7) is 6.58. The molecular formula is C15H29N3O2. The molecule has 0 bridgehead atoms. The third kappa shape index (κ3) is 6.37. The molecule has 0 spiro atoms. The molecule has 1 saturated carbocycles. The minimum Gasteiger partial charge on any atom is -0.353 e. The van der Waals surface area contributed by atoms with E-state index in [1.807, 2.05) is 13.8 Å². The van der Waals surface area contributed by atoms with Crippen molar-refractivity contribution in [3.8, 4) is 0 Å². The highest BCUT2D eigenvalue weighted by molar-refractivity contribution is 5.81. The molecule has 1 rings (SSSR count). The number of hydrogen-bond acceptors (Lipinski definition) is 3. The van der Waals surface area contributed by atoms with E-state index in [4.69, 9.17) is 0 Å². The van der Waals surface area contributed by atoms with Crippen molar-refractivity contribution in [2.45, 2.75) is 58.5 Å². The molecule has 1 fully saturated rings. The van der Waals surface area contributed by atoms with Gasteiger partial charge in [-0.05, 0) is 39.7 Å². The lowest BCUT2D eigenvalue weighted by Gasteiger charge is -2.30. The molecular weight excluding hydrogens is 254 g/mol. The predicted octanol–water partition coefficient (Wildman–Crippen LogP) is 1.14. The quantitative estimate of drug-likeness (QED) is 0.768. The summed E-state index contributed by atoms with van der Waals surface area (Å²) in [6, 6.07) is 0.432. The highest BCUT2D eigenvalue weighted by atomic mass is 16.2. The Morgan fingerprint density at radius 1 is 1.15 bits per heavy atom. The Labute approximate surface area is 122 Å². The number of likely N-dealkylation sites (N-methyl/N-ethyl adjacent to an activating group) is 1. The van der Waals surface area contributed by atoms with Crippen molar-refractivity contribution in [3.63, 3.8) is 0 Å². The first-order chi connectivity index (χ1) is 9.38. The van der Waals surface area contributed by atoms with Crippen LogP contribution in [0, 0.1) is 5.92 Å². The van der Waals surface area contributed by atoms with Crippen LogP contribution in [0.4, 0.5) is 0 Å². The average molecular weight is 283 g/mol. The third-order valence-electron chi connectivity index (χ3n) is 3.73. The first-order valence-corrected chi connectivity index (χ1v) is 7.65. The Morgan fingerprint density at radius 2 is 1.75 bits per heavy atom. The Bertz CT molecular complexity index is 331. The maximum absolute atomic E-state index is 12.0. The van der Waals surface area contributed by atoms with Gasteiger partial charge in [-0.25, -0.2) is 0 Å². The minimum atomic E-state index is -0.0404. The second-order valence-electron chi connectivity index (χ2n) is 6.33. The number of carbonyl (C=O) groups excluding carboxylic acids is 2. The van der Waals surface area contributed by atoms with Gasteiger partial charge in [-0.3, -0.25) is 14.5 Å². The van der Waals surface area contributed by atoms with Crippen LogP contribution in [-0.2, 0) is 9.59 Å². The molecule has 2 N–H and O–H groups in total. The largest absolute Gasteiger partial charge is 0.353 e. The number of nitrogens with one attached hydrogen (secondary N) is 2. The van der Waals surface area contributed by atoms with Crippen molar-refractivity contribution in [2.24, 2.45) is 5.92 Å². The molecule has 2 unspecified atom stereocenters. The molecule has 20 heavy (non-hydrogen) atoms. The van der Waals surface area contributed by atoms with Crippen LogP contribution in [-0.4, -0.2) is 48.9 Å². The van der Waals surface area contributed by atoms with Crippen LogP contribution in [0.25, 0.3) is 0 Å². The fraction of sp³-hybridized carbons (Fsp3) is 0.867. The number of nitrogens with zero attached hydrogens (tertiary/aromatic N) is 1. The molecule has 0 radical (unpaired) electrons. The van der Waals surface area contributed by atoms with Crippen molar-refractivity contribution in [1.82, 2.24) is 15.5 Å². The van der Waals surface area contributed by atoms with E-state index in [1.165, 1.54) is 19.3 Å². The molecule has 2 amide bonds. The predicted molar refractivity (Wildman–Crippen MR) is 80.3 cm³/mol. The van der Waals surface area contributed by atoms with Gasteiger partial charge in [0.05, 0.1) is 13.1 Å². The van der Waals surface area contributed by atoms with E-state index in [9.17, 15) is 9.59 Å². The Hall–Kier alpha value is -1.10. The van der Waals surface area contributed by atoms with E-state index in [0.717, 1.165) is 6.42 Å². The summed E-state index contributed by atoms with van der Waals surface area (Å²) in [5, 5.41) is 5.92. The third-order valence-corrected chi connectivity index (χ3v) is 3.73. The van der Waals surface area contributed by atoms with Crippen molar-refractivity contribution >= 4 is 11.8 Å². The van der Waals surface area contributed by atoms with Crippen LogP contribution >= 0.6 is 0 Å². The number of carbonyl (C=O) groups is 2. The summed E-state index contributed by atoms with van der Waals surface area (Å²) in [6.07, 6.45) is 4.73. The maximum Gasteiger partial charge on any atom is 0.234 e. The van der Waals surface area contributed by atoms with Crippen LogP contribution in [0.5, 0.6) is 0 Å². The molecule has 0 aromatic carbocycles. The highest BCUT2D eigenvalue weighted by Gasteiger charge is 2.23. The fourth-order valence-electron chi connectivity index (χ4n) is 2.70. The maximum atomic E-state index is 12.0. The first-order valence-electron chi connectivity index (χ1n) is 7.65. The molecule has 5 nitrogen and oxygen atoms in total. The lowest BCUT2D eigenvalue weighted by molar-refractivity contribution is -0.125. The van der Waals surface area contributed by atoms with Gasteiger partial charge in [-0.2, -0.15) is 0 Å². The number of rotatable bonds is 6. The molecule has 0 aromatic rings. The molecule has 1 aliphatic carbocycles. The van der Waals surface area contributed by atoms with E-state index in [2.05, 4.69) is 17.6 Å². The van der Waals surface area contributed by atoms with E-state index in [1.54, 1.807) is 11.9 Å². The number of amides is 2. The van der Waals surface area contributed by atoms with E-state index < -0.39 is 0 Å². The summed E-state index contributed by atoms with van der Waals surface area (Å²) in [5.41, 5.74) is 0. The average Bonchev–Trinajstić information content (AvgIpc) is 2.30. The van der Waals surface area contributed by atoms with E-state index >= 15 is 0 Å². The molecule has 0 aromatic heterocycles. The van der Waals surface area contributed by atoms with Gasteiger partial charge in [-0.1, -0.05) is 19.8 Å². The minimum absolute atomic E-state index is 0.0172. The first kappa shape index (κ1) is 17.0. The van der Waals surface area contributed by atoms with Crippen LogP contribution in [0.2, 0.25) is 0 Å². The SMILES string of the molecule is CC(C)NC(=O)CN(C)CC(=O)NC1CCCCC1C. The van der Waals surface area contributed by atoms with E-state index in [-0.39, 0.29) is 30.9 Å². The molecule has 1 aliphatic rings. The molecule has 0 saturated heterocycles. The van der Waals surface area contributed by atoms with E-state index in [0.29, 0.717) is 12.0 Å². The molecule has 0 aliphatic heterocycles. The second kappa shape index (κ2) is 8.25. The van der Waals surface area contributed by atoms with Gasteiger partial charge in [0.25, 0.3) is 0 Å². The summed E-state index contributed by atoms with van der Waals surface area (Å²) in [5.74, 6) is 0.534. The summed E-state index contributed by atoms with van der Waals surface area (Å²) >= 11 is 0. The van der Waals surface area contributed by atoms with Crippen LogP contribution < -0.4 is 10.6 Å². The zero-order chi connectivity index (χ0) is 15.1. The van der Waals surface area contributed by atoms with Gasteiger partial charge in [0, 0.05) is 12.1 Å². The molecule has 116 valence electrons. The Kier molecular flexibility index (Phi) is 6.99. The second-order valence-corrected chi connectivity index (χ2v) is 6.33. The van der Waals surface area contributed by atoms with Crippen LogP contribution in [0.1, 0.15) is 46.5 Å². The summed E-state index contributed by atoms with van der Waals surface area (Å²) in [7, 11) is 1.80. The van der Waals surface area contributed by atoms with Crippen molar-refractivity contribution in [1.29, 1.82) is 0 Å². The van der Waals surface area contributed by atoms with Crippen molar-refractivity contribution in [3.05, 3.63) is 0 Å².